The fourth-order valence-corrected chi connectivity index (χ4v) is 2.15. The van der Waals surface area contributed by atoms with Crippen LogP contribution in [0.1, 0.15) is 47.7 Å². The van der Waals surface area contributed by atoms with Crippen LogP contribution >= 0.6 is 0 Å². The zero-order valence-corrected chi connectivity index (χ0v) is 12.9. The highest BCUT2D eigenvalue weighted by molar-refractivity contribution is 5.96. The average molecular weight is 282 g/mol. The smallest absolute Gasteiger partial charge is 0.166 e. The van der Waals surface area contributed by atoms with E-state index >= 15 is 0 Å². The number of carbonyl (C=O) groups is 1. The highest BCUT2D eigenvalue weighted by Crippen LogP contribution is 2.24. The van der Waals surface area contributed by atoms with Gasteiger partial charge in [-0.3, -0.25) is 4.79 Å². The molecule has 0 spiro atoms. The summed E-state index contributed by atoms with van der Waals surface area (Å²) in [6, 6.07) is 15.6. The molecule has 0 N–H and O–H groups in total. The first-order chi connectivity index (χ1) is 10.1. The van der Waals surface area contributed by atoms with Crippen LogP contribution in [0.3, 0.4) is 0 Å². The van der Waals surface area contributed by atoms with Crippen LogP contribution in [0.5, 0.6) is 5.75 Å². The molecular formula is C19H22O2. The number of hydrogen-bond acceptors (Lipinski definition) is 2. The van der Waals surface area contributed by atoms with E-state index in [0.717, 1.165) is 16.9 Å². The van der Waals surface area contributed by atoms with Crippen molar-refractivity contribution in [3.8, 4) is 5.75 Å². The van der Waals surface area contributed by atoms with E-state index < -0.39 is 0 Å². The van der Waals surface area contributed by atoms with E-state index in [0.29, 0.717) is 18.9 Å². The van der Waals surface area contributed by atoms with Crippen molar-refractivity contribution in [3.63, 3.8) is 0 Å². The highest BCUT2D eigenvalue weighted by atomic mass is 16.5. The van der Waals surface area contributed by atoms with Crippen LogP contribution in [0.25, 0.3) is 0 Å². The lowest BCUT2D eigenvalue weighted by molar-refractivity contribution is 0.0962. The molecule has 0 amide bonds. The van der Waals surface area contributed by atoms with Gasteiger partial charge in [-0.15, -0.1) is 0 Å². The molecule has 21 heavy (non-hydrogen) atoms. The Balaban J connectivity index is 1.94. The molecule has 0 unspecified atom stereocenters. The first kappa shape index (κ1) is 15.3. The van der Waals surface area contributed by atoms with Crippen molar-refractivity contribution in [3.05, 3.63) is 65.2 Å². The van der Waals surface area contributed by atoms with Crippen LogP contribution in [0.4, 0.5) is 0 Å². The van der Waals surface area contributed by atoms with Crippen LogP contribution in [0.15, 0.2) is 48.5 Å². The first-order valence-electron chi connectivity index (χ1n) is 7.39. The normalized spacial score (nSPS) is 10.7. The second-order valence-corrected chi connectivity index (χ2v) is 5.57. The minimum absolute atomic E-state index is 0.119. The van der Waals surface area contributed by atoms with Crippen LogP contribution < -0.4 is 4.74 Å². The summed E-state index contributed by atoms with van der Waals surface area (Å²) < 4.78 is 5.80. The predicted molar refractivity (Wildman–Crippen MR) is 86.2 cm³/mol. The van der Waals surface area contributed by atoms with Crippen LogP contribution in [0, 0.1) is 6.92 Å². The Labute approximate surface area is 126 Å². The lowest BCUT2D eigenvalue weighted by Crippen LogP contribution is -2.07. The summed E-state index contributed by atoms with van der Waals surface area (Å²) in [7, 11) is 0. The molecule has 2 aromatic carbocycles. The van der Waals surface area contributed by atoms with Gasteiger partial charge in [-0.1, -0.05) is 56.3 Å². The van der Waals surface area contributed by atoms with E-state index in [1.165, 1.54) is 5.56 Å². The van der Waals surface area contributed by atoms with Gasteiger partial charge in [0.1, 0.15) is 5.75 Å². The van der Waals surface area contributed by atoms with E-state index in [9.17, 15) is 4.79 Å². The van der Waals surface area contributed by atoms with Crippen molar-refractivity contribution in [1.29, 1.82) is 0 Å². The molecule has 0 fully saturated rings. The Bertz CT molecular complexity index is 600. The van der Waals surface area contributed by atoms with Crippen molar-refractivity contribution in [1.82, 2.24) is 0 Å². The lowest BCUT2D eigenvalue weighted by Gasteiger charge is -2.12. The minimum atomic E-state index is 0.119. The van der Waals surface area contributed by atoms with Crippen molar-refractivity contribution < 1.29 is 9.53 Å². The first-order valence-corrected chi connectivity index (χ1v) is 7.39. The number of ketones is 1. The molecule has 2 nitrogen and oxygen atoms in total. The minimum Gasteiger partial charge on any atom is -0.493 e. The quantitative estimate of drug-likeness (QED) is 0.713. The number of Topliss-reactive ketones (excluding diaryl/α,β-unsaturated/α-hetero) is 1. The van der Waals surface area contributed by atoms with Gasteiger partial charge in [0.15, 0.2) is 5.78 Å². The molecule has 0 bridgehead atoms. The van der Waals surface area contributed by atoms with Crippen LogP contribution in [-0.2, 0) is 0 Å². The summed E-state index contributed by atoms with van der Waals surface area (Å²) in [4.78, 5) is 12.0. The van der Waals surface area contributed by atoms with Crippen molar-refractivity contribution in [2.75, 3.05) is 6.61 Å². The molecule has 0 aliphatic rings. The second kappa shape index (κ2) is 7.07. The Morgan fingerprint density at radius 1 is 1.10 bits per heavy atom. The molecule has 0 saturated carbocycles. The van der Waals surface area contributed by atoms with E-state index in [-0.39, 0.29) is 5.78 Å². The number of ether oxygens (including phenoxy) is 1. The lowest BCUT2D eigenvalue weighted by atomic mass is 10.0. The highest BCUT2D eigenvalue weighted by Gasteiger charge is 2.08. The van der Waals surface area contributed by atoms with Crippen molar-refractivity contribution >= 4 is 5.78 Å². The fraction of sp³-hybridized carbons (Fsp3) is 0.316. The van der Waals surface area contributed by atoms with E-state index in [1.54, 1.807) is 0 Å². The zero-order chi connectivity index (χ0) is 15.2. The Morgan fingerprint density at radius 3 is 2.48 bits per heavy atom. The van der Waals surface area contributed by atoms with Gasteiger partial charge in [0.2, 0.25) is 0 Å². The van der Waals surface area contributed by atoms with E-state index in [4.69, 9.17) is 4.74 Å². The van der Waals surface area contributed by atoms with Gasteiger partial charge in [0, 0.05) is 12.0 Å². The Kier molecular flexibility index (Phi) is 5.15. The zero-order valence-electron chi connectivity index (χ0n) is 12.9. The van der Waals surface area contributed by atoms with Crippen molar-refractivity contribution in [2.24, 2.45) is 0 Å². The number of benzene rings is 2. The summed E-state index contributed by atoms with van der Waals surface area (Å²) >= 11 is 0. The fourth-order valence-electron chi connectivity index (χ4n) is 2.15. The molecule has 0 aliphatic carbocycles. The SMILES string of the molecule is Cc1ccc(C(C)C)cc1OCCC(=O)c1ccccc1. The molecule has 110 valence electrons. The molecule has 0 atom stereocenters. The molecular weight excluding hydrogens is 260 g/mol. The molecule has 2 rings (SSSR count). The summed E-state index contributed by atoms with van der Waals surface area (Å²) in [6.45, 7) is 6.76. The number of hydrogen-bond donors (Lipinski definition) is 0. The molecule has 0 aliphatic heterocycles. The third kappa shape index (κ3) is 4.19. The number of aryl methyl sites for hydroxylation is 1. The van der Waals surface area contributed by atoms with Gasteiger partial charge in [-0.05, 0) is 30.0 Å². The summed E-state index contributed by atoms with van der Waals surface area (Å²) in [5.41, 5.74) is 3.10. The third-order valence-corrected chi connectivity index (χ3v) is 3.56. The molecule has 0 heterocycles. The summed E-state index contributed by atoms with van der Waals surface area (Å²) in [5, 5.41) is 0. The maximum atomic E-state index is 12.0. The van der Waals surface area contributed by atoms with E-state index in [1.807, 2.05) is 37.3 Å². The summed E-state index contributed by atoms with van der Waals surface area (Å²) in [6.07, 6.45) is 0.398. The largest absolute Gasteiger partial charge is 0.493 e. The van der Waals surface area contributed by atoms with Gasteiger partial charge in [-0.25, -0.2) is 0 Å². The molecule has 0 aromatic heterocycles. The Hall–Kier alpha value is -2.09. The number of carbonyl (C=O) groups excluding carboxylic acids is 1. The van der Waals surface area contributed by atoms with Crippen LogP contribution in [0.2, 0.25) is 0 Å². The predicted octanol–water partition coefficient (Wildman–Crippen LogP) is 4.77. The van der Waals surface area contributed by atoms with Gasteiger partial charge >= 0.3 is 0 Å². The number of rotatable bonds is 6. The molecule has 2 aromatic rings. The maximum absolute atomic E-state index is 12.0. The molecule has 2 heteroatoms. The summed E-state index contributed by atoms with van der Waals surface area (Å²) in [5.74, 6) is 1.47. The van der Waals surface area contributed by atoms with E-state index in [2.05, 4.69) is 32.0 Å². The second-order valence-electron chi connectivity index (χ2n) is 5.57. The van der Waals surface area contributed by atoms with Crippen molar-refractivity contribution in [2.45, 2.75) is 33.1 Å². The topological polar surface area (TPSA) is 26.3 Å². The molecule has 0 radical (unpaired) electrons. The molecule has 0 saturated heterocycles. The van der Waals surface area contributed by atoms with Gasteiger partial charge in [0.25, 0.3) is 0 Å². The Morgan fingerprint density at radius 2 is 1.81 bits per heavy atom. The van der Waals surface area contributed by atoms with Gasteiger partial charge in [0.05, 0.1) is 6.61 Å². The average Bonchev–Trinajstić information content (AvgIpc) is 2.49. The maximum Gasteiger partial charge on any atom is 0.166 e. The van der Waals surface area contributed by atoms with Gasteiger partial charge in [-0.2, -0.15) is 0 Å². The third-order valence-electron chi connectivity index (χ3n) is 3.56. The standard InChI is InChI=1S/C19H22O2/c1-14(2)17-10-9-15(3)19(13-17)21-12-11-18(20)16-7-5-4-6-8-16/h4-10,13-14H,11-12H2,1-3H3. The van der Waals surface area contributed by atoms with Crippen LogP contribution in [-0.4, -0.2) is 12.4 Å². The van der Waals surface area contributed by atoms with Gasteiger partial charge < -0.3 is 4.74 Å². The monoisotopic (exact) mass is 282 g/mol.